The Morgan fingerprint density at radius 3 is 2.24 bits per heavy atom. The first-order chi connectivity index (χ1) is 16.5. The Morgan fingerprint density at radius 2 is 1.65 bits per heavy atom. The van der Waals surface area contributed by atoms with Gasteiger partial charge in [0.15, 0.2) is 0 Å². The van der Waals surface area contributed by atoms with E-state index in [1.165, 1.54) is 55.2 Å². The molecule has 0 spiro atoms. The smallest absolute Gasteiger partial charge is 0.262 e. The number of nitrogens with one attached hydrogen (secondary N) is 2. The van der Waals surface area contributed by atoms with Crippen LogP contribution in [0.25, 0.3) is 5.70 Å². The van der Waals surface area contributed by atoms with Crippen LogP contribution in [0.1, 0.15) is 88.5 Å². The first-order valence-electron chi connectivity index (χ1n) is 13.2. The molecule has 34 heavy (non-hydrogen) atoms. The summed E-state index contributed by atoms with van der Waals surface area (Å²) in [7, 11) is 0. The van der Waals surface area contributed by atoms with Crippen molar-refractivity contribution >= 4 is 24.6 Å². The molecule has 180 valence electrons. The minimum Gasteiger partial charge on any atom is -0.426 e. The van der Waals surface area contributed by atoms with Gasteiger partial charge < -0.3 is 5.23 Å². The summed E-state index contributed by atoms with van der Waals surface area (Å²) >= 11 is 0. The van der Waals surface area contributed by atoms with E-state index in [0.717, 1.165) is 23.3 Å². The monoisotopic (exact) mass is 455 g/mol. The zero-order valence-corrected chi connectivity index (χ0v) is 21.8. The highest BCUT2D eigenvalue weighted by molar-refractivity contribution is 6.64. The summed E-state index contributed by atoms with van der Waals surface area (Å²) in [5, 5.41) is 12.6. The predicted octanol–water partition coefficient (Wildman–Crippen LogP) is 8.10. The number of amidine groups is 1. The van der Waals surface area contributed by atoms with Gasteiger partial charge in [0.1, 0.15) is 5.84 Å². The lowest BCUT2D eigenvalue weighted by Gasteiger charge is -2.25. The maximum Gasteiger partial charge on any atom is 0.262 e. The van der Waals surface area contributed by atoms with E-state index in [9.17, 15) is 0 Å². The molecular formula is C30H42BN3. The van der Waals surface area contributed by atoms with E-state index >= 15 is 0 Å². The van der Waals surface area contributed by atoms with Gasteiger partial charge in [0, 0.05) is 17.5 Å². The lowest BCUT2D eigenvalue weighted by Crippen LogP contribution is -2.36. The molecule has 0 aliphatic carbocycles. The number of unbranched alkanes of at least 4 members (excludes halogenated alkanes) is 2. The Morgan fingerprint density at radius 1 is 1.00 bits per heavy atom. The summed E-state index contributed by atoms with van der Waals surface area (Å²) < 4.78 is 0. The molecular weight excluding hydrogens is 413 g/mol. The van der Waals surface area contributed by atoms with Gasteiger partial charge in [-0.25, -0.2) is 4.99 Å². The first kappa shape index (κ1) is 26.0. The summed E-state index contributed by atoms with van der Waals surface area (Å²) in [6, 6.07) is 17.7. The third-order valence-corrected chi connectivity index (χ3v) is 7.20. The highest BCUT2D eigenvalue weighted by atomic mass is 14.9. The lowest BCUT2D eigenvalue weighted by atomic mass is 9.42. The molecule has 2 aromatic carbocycles. The van der Waals surface area contributed by atoms with Gasteiger partial charge in [-0.1, -0.05) is 113 Å². The first-order valence-corrected chi connectivity index (χ1v) is 13.2. The summed E-state index contributed by atoms with van der Waals surface area (Å²) in [6.07, 6.45) is 10.2. The molecule has 1 heterocycles. The molecule has 0 saturated heterocycles. The number of hydrogen-bond acceptors (Lipinski definition) is 2. The SMILES string of the molecule is CC=NC(=N)C1=C(c2ccc(Cc3ccc(C)cc3)cc2)NB(C(CCC)CCCCC)C1C. The normalized spacial score (nSPS) is 16.9. The molecule has 1 aliphatic rings. The minimum absolute atomic E-state index is 0.275. The average molecular weight is 455 g/mol. The van der Waals surface area contributed by atoms with Gasteiger partial charge in [-0.3, -0.25) is 5.41 Å². The van der Waals surface area contributed by atoms with Crippen molar-refractivity contribution in [3.05, 3.63) is 76.4 Å². The summed E-state index contributed by atoms with van der Waals surface area (Å²) in [5.74, 6) is 1.29. The molecule has 0 saturated carbocycles. The number of rotatable bonds is 11. The molecule has 2 N–H and O–H groups in total. The number of aliphatic imine (C=N–C) groups is 1. The van der Waals surface area contributed by atoms with Gasteiger partial charge in [0.05, 0.1) is 0 Å². The lowest BCUT2D eigenvalue weighted by molar-refractivity contribution is 0.586. The summed E-state index contributed by atoms with van der Waals surface area (Å²) in [4.78, 5) is 4.39. The molecule has 3 rings (SSSR count). The third-order valence-electron chi connectivity index (χ3n) is 7.20. The second-order valence-electron chi connectivity index (χ2n) is 9.89. The van der Waals surface area contributed by atoms with Crippen LogP contribution >= 0.6 is 0 Å². The van der Waals surface area contributed by atoms with E-state index in [4.69, 9.17) is 5.41 Å². The number of hydrogen-bond donors (Lipinski definition) is 2. The Hall–Kier alpha value is -2.62. The molecule has 2 unspecified atom stereocenters. The van der Waals surface area contributed by atoms with Crippen molar-refractivity contribution in [2.45, 2.75) is 91.2 Å². The molecule has 0 radical (unpaired) electrons. The van der Waals surface area contributed by atoms with E-state index in [0.29, 0.717) is 18.5 Å². The summed E-state index contributed by atoms with van der Waals surface area (Å²) in [5.41, 5.74) is 7.26. The second-order valence-corrected chi connectivity index (χ2v) is 9.89. The fraction of sp³-hybridized carbons (Fsp3) is 0.467. The average Bonchev–Trinajstić information content (AvgIpc) is 3.18. The fourth-order valence-corrected chi connectivity index (χ4v) is 5.34. The zero-order chi connectivity index (χ0) is 24.5. The Labute approximate surface area is 207 Å². The van der Waals surface area contributed by atoms with Crippen molar-refractivity contribution < 1.29 is 0 Å². The van der Waals surface area contributed by atoms with Crippen LogP contribution in [-0.2, 0) is 6.42 Å². The molecule has 2 atom stereocenters. The molecule has 3 nitrogen and oxygen atoms in total. The third kappa shape index (κ3) is 6.49. The number of nitrogens with zero attached hydrogens (tertiary/aromatic N) is 1. The van der Waals surface area contributed by atoms with Crippen molar-refractivity contribution in [3.63, 3.8) is 0 Å². The van der Waals surface area contributed by atoms with Gasteiger partial charge >= 0.3 is 0 Å². The van der Waals surface area contributed by atoms with Crippen LogP contribution in [0.15, 0.2) is 59.1 Å². The van der Waals surface area contributed by atoms with Crippen LogP contribution in [0.5, 0.6) is 0 Å². The van der Waals surface area contributed by atoms with Gasteiger partial charge in [-0.2, -0.15) is 0 Å². The van der Waals surface area contributed by atoms with Crippen molar-refractivity contribution in [1.29, 1.82) is 5.41 Å². The van der Waals surface area contributed by atoms with Crippen LogP contribution in [0.2, 0.25) is 11.6 Å². The van der Waals surface area contributed by atoms with E-state index in [-0.39, 0.29) is 5.82 Å². The van der Waals surface area contributed by atoms with Gasteiger partial charge in [-0.15, -0.1) is 0 Å². The van der Waals surface area contributed by atoms with Crippen molar-refractivity contribution in [1.82, 2.24) is 5.23 Å². The van der Waals surface area contributed by atoms with Gasteiger partial charge in [0.25, 0.3) is 6.85 Å². The quantitative estimate of drug-likeness (QED) is 0.153. The second kappa shape index (κ2) is 12.7. The molecule has 2 aromatic rings. The molecule has 0 aromatic heterocycles. The van der Waals surface area contributed by atoms with E-state index in [1.54, 1.807) is 6.21 Å². The van der Waals surface area contributed by atoms with Crippen LogP contribution in [0.4, 0.5) is 0 Å². The topological polar surface area (TPSA) is 48.2 Å². The summed E-state index contributed by atoms with van der Waals surface area (Å²) in [6.45, 7) is 11.2. The minimum atomic E-state index is 0.275. The zero-order valence-electron chi connectivity index (χ0n) is 21.8. The molecule has 0 bridgehead atoms. The standard InChI is InChI=1S/C30H42BN3/c1-6-9-10-12-27(11-7-2)31-23(5)28(30(32)33-8-3)29(34-31)26-19-17-25(18-20-26)21-24-15-13-22(4)14-16-24/h8,13-20,23,27,32,34H,6-7,9-12,21H2,1-5H3. The Balaban J connectivity index is 1.86. The molecule has 0 amide bonds. The van der Waals surface area contributed by atoms with Crippen molar-refractivity contribution in [2.75, 3.05) is 0 Å². The fourth-order valence-electron chi connectivity index (χ4n) is 5.34. The van der Waals surface area contributed by atoms with Crippen LogP contribution in [0, 0.1) is 12.3 Å². The van der Waals surface area contributed by atoms with Gasteiger partial charge in [-0.05, 0) is 48.6 Å². The van der Waals surface area contributed by atoms with E-state index in [2.05, 4.69) is 86.4 Å². The number of aryl methyl sites for hydroxylation is 1. The molecule has 1 aliphatic heterocycles. The highest BCUT2D eigenvalue weighted by Crippen LogP contribution is 2.42. The van der Waals surface area contributed by atoms with E-state index < -0.39 is 0 Å². The van der Waals surface area contributed by atoms with Crippen LogP contribution < -0.4 is 5.23 Å². The Kier molecular flexibility index (Phi) is 9.74. The molecule has 4 heteroatoms. The maximum atomic E-state index is 8.71. The van der Waals surface area contributed by atoms with E-state index in [1.807, 2.05) is 6.92 Å². The predicted molar refractivity (Wildman–Crippen MR) is 150 cm³/mol. The van der Waals surface area contributed by atoms with Crippen molar-refractivity contribution in [3.8, 4) is 0 Å². The largest absolute Gasteiger partial charge is 0.426 e. The van der Waals surface area contributed by atoms with Crippen molar-refractivity contribution in [2.24, 2.45) is 4.99 Å². The van der Waals surface area contributed by atoms with Crippen LogP contribution in [0.3, 0.4) is 0 Å². The Bertz CT molecular complexity index is 989. The highest BCUT2D eigenvalue weighted by Gasteiger charge is 2.41. The van der Waals surface area contributed by atoms with Gasteiger partial charge in [0.2, 0.25) is 0 Å². The molecule has 0 fully saturated rings. The number of benzene rings is 2. The maximum absolute atomic E-state index is 8.71. The van der Waals surface area contributed by atoms with Crippen LogP contribution in [-0.4, -0.2) is 18.9 Å².